The lowest BCUT2D eigenvalue weighted by Crippen LogP contribution is -1.80. The molecule has 0 atom stereocenters. The number of pyridine rings is 1. The summed E-state index contributed by atoms with van der Waals surface area (Å²) in [7, 11) is 0. The van der Waals surface area contributed by atoms with Gasteiger partial charge in [-0.2, -0.15) is 0 Å². The molecule has 1 nitrogen and oxygen atoms in total. The molecule has 0 aliphatic carbocycles. The van der Waals surface area contributed by atoms with Crippen molar-refractivity contribution >= 4 is 0 Å². The fraction of sp³-hybridized carbons (Fsp3) is 0. The van der Waals surface area contributed by atoms with Crippen LogP contribution < -0.4 is 0 Å². The van der Waals surface area contributed by atoms with Crippen LogP contribution in [-0.2, 0) is 0 Å². The van der Waals surface area contributed by atoms with E-state index in [2.05, 4.69) is 16.8 Å². The Morgan fingerprint density at radius 3 is 2.00 bits per heavy atom. The molecule has 0 unspecified atom stereocenters. The predicted molar refractivity (Wildman–Crippen MR) is 40.1 cm³/mol. The first-order valence-electron chi connectivity index (χ1n) is 2.75. The zero-order chi connectivity index (χ0) is 7.40. The Morgan fingerprint density at radius 1 is 1.10 bits per heavy atom. The predicted octanol–water partition coefficient (Wildman–Crippen LogP) is 1.04. The largest absolute Gasteiger partial charge is 0.262 e. The van der Waals surface area contributed by atoms with Gasteiger partial charge in [-0.05, 0) is 6.07 Å². The van der Waals surface area contributed by atoms with Crippen molar-refractivity contribution in [1.82, 2.24) is 4.98 Å². The minimum atomic E-state index is 0.718. The average Bonchev–Trinajstić information content (AvgIpc) is 2.05. The van der Waals surface area contributed by atoms with Crippen molar-refractivity contribution in [3.8, 4) is 24.7 Å². The molecule has 0 saturated carbocycles. The first-order chi connectivity index (χ1) is 4.86. The first-order valence-corrected chi connectivity index (χ1v) is 2.75. The maximum absolute atomic E-state index is 5.11. The minimum absolute atomic E-state index is 0.718. The van der Waals surface area contributed by atoms with Crippen LogP contribution in [0.15, 0.2) is 18.5 Å². The fourth-order valence-corrected chi connectivity index (χ4v) is 0.598. The zero-order valence-corrected chi connectivity index (χ0v) is 5.33. The second-order valence-electron chi connectivity index (χ2n) is 1.75. The normalized spacial score (nSPS) is 7.80. The van der Waals surface area contributed by atoms with E-state index < -0.39 is 0 Å². The Morgan fingerprint density at radius 2 is 1.60 bits per heavy atom. The first kappa shape index (κ1) is 6.39. The molecule has 0 bridgehead atoms. The van der Waals surface area contributed by atoms with Crippen LogP contribution in [0.25, 0.3) is 0 Å². The highest BCUT2D eigenvalue weighted by atomic mass is 14.6. The van der Waals surface area contributed by atoms with Crippen molar-refractivity contribution < 1.29 is 0 Å². The van der Waals surface area contributed by atoms with E-state index in [1.165, 1.54) is 0 Å². The van der Waals surface area contributed by atoms with Crippen LogP contribution in [0.5, 0.6) is 0 Å². The Bertz CT molecular complexity index is 283. The highest BCUT2D eigenvalue weighted by Gasteiger charge is 1.87. The van der Waals surface area contributed by atoms with Crippen molar-refractivity contribution in [2.75, 3.05) is 0 Å². The molecular weight excluding hydrogens is 122 g/mol. The van der Waals surface area contributed by atoms with Crippen LogP contribution in [-0.4, -0.2) is 4.98 Å². The number of hydrogen-bond donors (Lipinski definition) is 0. The summed E-state index contributed by atoms with van der Waals surface area (Å²) in [5, 5.41) is 0. The van der Waals surface area contributed by atoms with Gasteiger partial charge in [0.05, 0.1) is 0 Å². The molecule has 1 rings (SSSR count). The van der Waals surface area contributed by atoms with Crippen LogP contribution in [0.1, 0.15) is 11.1 Å². The van der Waals surface area contributed by atoms with Gasteiger partial charge in [0, 0.05) is 23.5 Å². The molecule has 1 aromatic heterocycles. The molecule has 0 spiro atoms. The molecule has 0 aromatic carbocycles. The third kappa shape index (κ3) is 1.16. The van der Waals surface area contributed by atoms with E-state index in [9.17, 15) is 0 Å². The van der Waals surface area contributed by atoms with Crippen LogP contribution in [0.4, 0.5) is 0 Å². The van der Waals surface area contributed by atoms with E-state index in [1.54, 1.807) is 18.5 Å². The van der Waals surface area contributed by atoms with Gasteiger partial charge in [0.15, 0.2) is 0 Å². The lowest BCUT2D eigenvalue weighted by molar-refractivity contribution is 1.30. The van der Waals surface area contributed by atoms with Crippen LogP contribution in [0.2, 0.25) is 0 Å². The molecule has 1 aromatic rings. The highest BCUT2D eigenvalue weighted by molar-refractivity contribution is 5.38. The van der Waals surface area contributed by atoms with Gasteiger partial charge < -0.3 is 0 Å². The molecular formula is C9H5N. The van der Waals surface area contributed by atoms with E-state index in [1.807, 2.05) is 0 Å². The molecule has 0 fully saturated rings. The van der Waals surface area contributed by atoms with Crippen LogP contribution in [0, 0.1) is 24.7 Å². The van der Waals surface area contributed by atoms with E-state index in [0.717, 1.165) is 11.1 Å². The molecule has 1 heterocycles. The molecule has 0 aliphatic heterocycles. The number of aromatic nitrogens is 1. The summed E-state index contributed by atoms with van der Waals surface area (Å²) in [5.74, 6) is 4.89. The summed E-state index contributed by atoms with van der Waals surface area (Å²) >= 11 is 0. The minimum Gasteiger partial charge on any atom is -0.262 e. The van der Waals surface area contributed by atoms with Crippen molar-refractivity contribution in [3.05, 3.63) is 29.6 Å². The fourth-order valence-electron chi connectivity index (χ4n) is 0.598. The molecule has 0 aliphatic rings. The molecule has 0 saturated heterocycles. The van der Waals surface area contributed by atoms with Crippen LogP contribution in [0.3, 0.4) is 0 Å². The van der Waals surface area contributed by atoms with Gasteiger partial charge in [0.2, 0.25) is 0 Å². The van der Waals surface area contributed by atoms with Gasteiger partial charge in [-0.15, -0.1) is 12.8 Å². The molecule has 0 amide bonds. The molecule has 1 heteroatoms. The standard InChI is InChI=1S/C9H5N/c1-3-8-5-9(4-2)7-10-6-8/h1-2,5-7H. The van der Waals surface area contributed by atoms with E-state index in [4.69, 9.17) is 12.8 Å². The van der Waals surface area contributed by atoms with Crippen molar-refractivity contribution in [2.45, 2.75) is 0 Å². The average molecular weight is 127 g/mol. The zero-order valence-electron chi connectivity index (χ0n) is 5.33. The molecule has 10 heavy (non-hydrogen) atoms. The van der Waals surface area contributed by atoms with Crippen molar-refractivity contribution in [3.63, 3.8) is 0 Å². The van der Waals surface area contributed by atoms with E-state index in [0.29, 0.717) is 0 Å². The second kappa shape index (κ2) is 2.71. The van der Waals surface area contributed by atoms with E-state index in [-0.39, 0.29) is 0 Å². The van der Waals surface area contributed by atoms with Gasteiger partial charge >= 0.3 is 0 Å². The summed E-state index contributed by atoms with van der Waals surface area (Å²) in [6.07, 6.45) is 13.4. The SMILES string of the molecule is C#Cc1cncc(C#C)c1. The van der Waals surface area contributed by atoms with Gasteiger partial charge in [0.1, 0.15) is 0 Å². The number of rotatable bonds is 0. The lowest BCUT2D eigenvalue weighted by atomic mass is 10.2. The van der Waals surface area contributed by atoms with Gasteiger partial charge in [-0.3, -0.25) is 4.98 Å². The Kier molecular flexibility index (Phi) is 1.73. The highest BCUT2D eigenvalue weighted by Crippen LogP contribution is 1.97. The lowest BCUT2D eigenvalue weighted by Gasteiger charge is -1.89. The molecule has 0 N–H and O–H groups in total. The summed E-state index contributed by atoms with van der Waals surface area (Å²) < 4.78 is 0. The van der Waals surface area contributed by atoms with Crippen molar-refractivity contribution in [2.24, 2.45) is 0 Å². The topological polar surface area (TPSA) is 12.9 Å². The van der Waals surface area contributed by atoms with Gasteiger partial charge in [-0.1, -0.05) is 11.8 Å². The molecule has 0 radical (unpaired) electrons. The third-order valence-electron chi connectivity index (χ3n) is 1.07. The quantitative estimate of drug-likeness (QED) is 0.474. The number of hydrogen-bond acceptors (Lipinski definition) is 1. The second-order valence-corrected chi connectivity index (χ2v) is 1.75. The van der Waals surface area contributed by atoms with Crippen molar-refractivity contribution in [1.29, 1.82) is 0 Å². The summed E-state index contributed by atoms with van der Waals surface area (Å²) in [6, 6.07) is 1.74. The summed E-state index contributed by atoms with van der Waals surface area (Å²) in [5.41, 5.74) is 1.44. The Labute approximate surface area is 60.1 Å². The maximum Gasteiger partial charge on any atom is 0.0438 e. The molecule has 46 valence electrons. The Balaban J connectivity index is 3.17. The summed E-state index contributed by atoms with van der Waals surface area (Å²) in [6.45, 7) is 0. The van der Waals surface area contributed by atoms with Gasteiger partial charge in [0.25, 0.3) is 0 Å². The third-order valence-corrected chi connectivity index (χ3v) is 1.07. The number of nitrogens with zero attached hydrogens (tertiary/aromatic N) is 1. The maximum atomic E-state index is 5.11. The van der Waals surface area contributed by atoms with Gasteiger partial charge in [-0.25, -0.2) is 0 Å². The summed E-state index contributed by atoms with van der Waals surface area (Å²) in [4.78, 5) is 3.84. The monoisotopic (exact) mass is 127 g/mol. The smallest absolute Gasteiger partial charge is 0.0438 e. The van der Waals surface area contributed by atoms with E-state index >= 15 is 0 Å². The van der Waals surface area contributed by atoms with Crippen LogP contribution >= 0.6 is 0 Å². The number of terminal acetylenes is 2. The Hall–Kier alpha value is -1.73.